The molecule has 7 nitrogen and oxygen atoms in total. The van der Waals surface area contributed by atoms with Crippen molar-refractivity contribution in [2.24, 2.45) is 5.73 Å². The molecule has 2 aromatic rings. The Morgan fingerprint density at radius 1 is 1.00 bits per heavy atom. The van der Waals surface area contributed by atoms with Gasteiger partial charge in [0, 0.05) is 12.1 Å². The smallest absolute Gasteiger partial charge is 0.329 e. The second kappa shape index (κ2) is 11.5. The maximum Gasteiger partial charge on any atom is 0.329 e. The minimum absolute atomic E-state index is 0.212. The first-order valence-electron chi connectivity index (χ1n) is 9.63. The lowest BCUT2D eigenvalue weighted by Crippen LogP contribution is -2.46. The highest BCUT2D eigenvalue weighted by Crippen LogP contribution is 2.12. The van der Waals surface area contributed by atoms with Gasteiger partial charge in [-0.05, 0) is 36.1 Å². The molecule has 0 radical (unpaired) electrons. The van der Waals surface area contributed by atoms with Crippen LogP contribution >= 0.6 is 0 Å². The number of nitrogens with one attached hydrogen (secondary N) is 2. The lowest BCUT2D eigenvalue weighted by atomic mass is 10.1. The van der Waals surface area contributed by atoms with Gasteiger partial charge in [0.2, 0.25) is 0 Å². The molecular weight excluding hydrogens is 370 g/mol. The SMILES string of the molecule is CCCCc1ccc(NC(=O)COC(=O)[C@H](Cc2ccccc2)NC(N)=O)cc1. The quantitative estimate of drug-likeness (QED) is 0.535. The molecule has 2 aromatic carbocycles. The maximum absolute atomic E-state index is 12.3. The van der Waals surface area contributed by atoms with Gasteiger partial charge in [-0.15, -0.1) is 0 Å². The number of carbonyl (C=O) groups is 3. The number of aryl methyl sites for hydroxylation is 1. The van der Waals surface area contributed by atoms with Crippen molar-refractivity contribution < 1.29 is 19.1 Å². The van der Waals surface area contributed by atoms with E-state index in [-0.39, 0.29) is 6.42 Å². The lowest BCUT2D eigenvalue weighted by Gasteiger charge is -2.16. The van der Waals surface area contributed by atoms with E-state index in [4.69, 9.17) is 10.5 Å². The molecular formula is C22H27N3O4. The Morgan fingerprint density at radius 3 is 2.31 bits per heavy atom. The third-order valence-corrected chi connectivity index (χ3v) is 4.29. The van der Waals surface area contributed by atoms with E-state index in [0.29, 0.717) is 5.69 Å². The van der Waals surface area contributed by atoms with Crippen LogP contribution in [0.25, 0.3) is 0 Å². The molecule has 7 heteroatoms. The molecule has 3 amide bonds. The number of esters is 1. The van der Waals surface area contributed by atoms with Crippen molar-refractivity contribution in [2.45, 2.75) is 38.6 Å². The van der Waals surface area contributed by atoms with Crippen LogP contribution in [0.15, 0.2) is 54.6 Å². The number of primary amides is 1. The number of rotatable bonds is 10. The normalized spacial score (nSPS) is 11.3. The average Bonchev–Trinajstić information content (AvgIpc) is 2.71. The summed E-state index contributed by atoms with van der Waals surface area (Å²) in [6.07, 6.45) is 3.45. The summed E-state index contributed by atoms with van der Waals surface area (Å²) in [5.41, 5.74) is 7.81. The fourth-order valence-electron chi connectivity index (χ4n) is 2.78. The molecule has 29 heavy (non-hydrogen) atoms. The highest BCUT2D eigenvalue weighted by Gasteiger charge is 2.22. The molecule has 0 saturated carbocycles. The van der Waals surface area contributed by atoms with Gasteiger partial charge in [-0.1, -0.05) is 55.8 Å². The Morgan fingerprint density at radius 2 is 1.69 bits per heavy atom. The Bertz CT molecular complexity index is 807. The molecule has 0 saturated heterocycles. The van der Waals surface area contributed by atoms with Gasteiger partial charge < -0.3 is 21.1 Å². The Labute approximate surface area is 170 Å². The summed E-state index contributed by atoms with van der Waals surface area (Å²) in [6.45, 7) is 1.68. The summed E-state index contributed by atoms with van der Waals surface area (Å²) in [6, 6.07) is 14.9. The van der Waals surface area contributed by atoms with E-state index in [1.165, 1.54) is 5.56 Å². The molecule has 0 aliphatic rings. The lowest BCUT2D eigenvalue weighted by molar-refractivity contribution is -0.149. The summed E-state index contributed by atoms with van der Waals surface area (Å²) in [7, 11) is 0. The summed E-state index contributed by atoms with van der Waals surface area (Å²) in [4.78, 5) is 35.6. The predicted molar refractivity (Wildman–Crippen MR) is 111 cm³/mol. The number of amides is 3. The second-order valence-electron chi connectivity index (χ2n) is 6.71. The summed E-state index contributed by atoms with van der Waals surface area (Å²) in [5.74, 6) is -1.19. The minimum atomic E-state index is -0.972. The van der Waals surface area contributed by atoms with Gasteiger partial charge in [-0.3, -0.25) is 4.79 Å². The average molecular weight is 397 g/mol. The van der Waals surface area contributed by atoms with Crippen LogP contribution < -0.4 is 16.4 Å². The van der Waals surface area contributed by atoms with E-state index in [9.17, 15) is 14.4 Å². The third kappa shape index (κ3) is 8.04. The highest BCUT2D eigenvalue weighted by atomic mass is 16.5. The first-order valence-corrected chi connectivity index (χ1v) is 9.63. The van der Waals surface area contributed by atoms with E-state index in [1.54, 1.807) is 0 Å². The van der Waals surface area contributed by atoms with Crippen LogP contribution in [-0.4, -0.2) is 30.6 Å². The van der Waals surface area contributed by atoms with Gasteiger partial charge in [-0.2, -0.15) is 0 Å². The van der Waals surface area contributed by atoms with Crippen LogP contribution in [0.1, 0.15) is 30.9 Å². The molecule has 4 N–H and O–H groups in total. The number of benzene rings is 2. The van der Waals surface area contributed by atoms with Crippen molar-refractivity contribution in [1.29, 1.82) is 0 Å². The number of nitrogens with two attached hydrogens (primary N) is 1. The molecule has 0 unspecified atom stereocenters. The molecule has 0 bridgehead atoms. The fraction of sp³-hybridized carbons (Fsp3) is 0.318. The number of unbranched alkanes of at least 4 members (excludes halogenated alkanes) is 1. The largest absolute Gasteiger partial charge is 0.454 e. The van der Waals surface area contributed by atoms with Crippen molar-refractivity contribution in [2.75, 3.05) is 11.9 Å². The molecule has 0 aromatic heterocycles. The van der Waals surface area contributed by atoms with E-state index in [2.05, 4.69) is 17.6 Å². The Hall–Kier alpha value is -3.35. The van der Waals surface area contributed by atoms with Gasteiger partial charge in [0.15, 0.2) is 6.61 Å². The van der Waals surface area contributed by atoms with Crippen molar-refractivity contribution in [1.82, 2.24) is 5.32 Å². The fourth-order valence-corrected chi connectivity index (χ4v) is 2.78. The van der Waals surface area contributed by atoms with E-state index < -0.39 is 30.6 Å². The van der Waals surface area contributed by atoms with Crippen LogP contribution in [0.5, 0.6) is 0 Å². The van der Waals surface area contributed by atoms with Gasteiger partial charge in [0.05, 0.1) is 0 Å². The second-order valence-corrected chi connectivity index (χ2v) is 6.71. The monoisotopic (exact) mass is 397 g/mol. The molecule has 154 valence electrons. The summed E-state index contributed by atoms with van der Waals surface area (Å²) >= 11 is 0. The molecule has 2 rings (SSSR count). The zero-order valence-corrected chi connectivity index (χ0v) is 16.5. The van der Waals surface area contributed by atoms with E-state index in [1.807, 2.05) is 54.6 Å². The molecule has 0 heterocycles. The van der Waals surface area contributed by atoms with Gasteiger partial charge in [0.1, 0.15) is 6.04 Å². The highest BCUT2D eigenvalue weighted by molar-refractivity contribution is 5.93. The summed E-state index contributed by atoms with van der Waals surface area (Å²) in [5, 5.41) is 5.04. The topological polar surface area (TPSA) is 111 Å². The predicted octanol–water partition coefficient (Wildman–Crippen LogP) is 2.79. The van der Waals surface area contributed by atoms with Crippen molar-refractivity contribution in [3.05, 3.63) is 65.7 Å². The number of hydrogen-bond donors (Lipinski definition) is 3. The van der Waals surface area contributed by atoms with Crippen LogP contribution in [0.4, 0.5) is 10.5 Å². The number of ether oxygens (including phenoxy) is 1. The minimum Gasteiger partial charge on any atom is -0.454 e. The number of carbonyl (C=O) groups excluding carboxylic acids is 3. The van der Waals surface area contributed by atoms with Crippen molar-refractivity contribution in [3.63, 3.8) is 0 Å². The zero-order valence-electron chi connectivity index (χ0n) is 16.5. The molecule has 0 aliphatic carbocycles. The molecule has 0 aliphatic heterocycles. The molecule has 0 fully saturated rings. The number of hydrogen-bond acceptors (Lipinski definition) is 4. The number of anilines is 1. The maximum atomic E-state index is 12.3. The first-order chi connectivity index (χ1) is 14.0. The Kier molecular flexibility index (Phi) is 8.69. The molecule has 0 spiro atoms. The van der Waals surface area contributed by atoms with Gasteiger partial charge >= 0.3 is 12.0 Å². The summed E-state index contributed by atoms with van der Waals surface area (Å²) < 4.78 is 5.07. The number of urea groups is 1. The van der Waals surface area contributed by atoms with Crippen molar-refractivity contribution >= 4 is 23.6 Å². The van der Waals surface area contributed by atoms with Gasteiger partial charge in [0.25, 0.3) is 5.91 Å². The van der Waals surface area contributed by atoms with Crippen LogP contribution in [0, 0.1) is 0 Å². The van der Waals surface area contributed by atoms with Gasteiger partial charge in [-0.25, -0.2) is 9.59 Å². The van der Waals surface area contributed by atoms with E-state index in [0.717, 1.165) is 24.8 Å². The zero-order chi connectivity index (χ0) is 21.1. The van der Waals surface area contributed by atoms with Crippen LogP contribution in [-0.2, 0) is 27.2 Å². The van der Waals surface area contributed by atoms with Crippen molar-refractivity contribution in [3.8, 4) is 0 Å². The third-order valence-electron chi connectivity index (χ3n) is 4.29. The Balaban J connectivity index is 1.86. The van der Waals surface area contributed by atoms with Crippen LogP contribution in [0.3, 0.4) is 0 Å². The standard InChI is InChI=1S/C22H27N3O4/c1-2-3-7-16-10-12-18(13-11-16)24-20(26)15-29-21(27)19(25-22(23)28)14-17-8-5-4-6-9-17/h4-6,8-13,19H,2-3,7,14-15H2,1H3,(H,24,26)(H3,23,25,28)/t19-/m0/s1. The first kappa shape index (κ1) is 21.9. The molecule has 1 atom stereocenters. The van der Waals surface area contributed by atoms with Crippen LogP contribution in [0.2, 0.25) is 0 Å². The van der Waals surface area contributed by atoms with E-state index >= 15 is 0 Å².